The Balaban J connectivity index is 1.64. The first-order chi connectivity index (χ1) is 12.5. The first kappa shape index (κ1) is 17.6. The van der Waals surface area contributed by atoms with Crippen LogP contribution in [-0.4, -0.2) is 24.3 Å². The number of thiazole rings is 1. The lowest BCUT2D eigenvalue weighted by atomic mass is 10.2. The van der Waals surface area contributed by atoms with E-state index in [2.05, 4.69) is 10.3 Å². The van der Waals surface area contributed by atoms with E-state index in [4.69, 9.17) is 4.74 Å². The van der Waals surface area contributed by atoms with Crippen LogP contribution in [0, 0.1) is 5.82 Å². The van der Waals surface area contributed by atoms with Crippen molar-refractivity contribution >= 4 is 34.5 Å². The normalized spacial score (nSPS) is 10.2. The Morgan fingerprint density at radius 1 is 1.27 bits per heavy atom. The van der Waals surface area contributed by atoms with Gasteiger partial charge in [-0.3, -0.25) is 15.0 Å². The Morgan fingerprint density at radius 2 is 2.04 bits per heavy atom. The molecule has 1 heterocycles. The predicted octanol–water partition coefficient (Wildman–Crippen LogP) is 4.56. The summed E-state index contributed by atoms with van der Waals surface area (Å²) in [6.07, 6.45) is 2.18. The summed E-state index contributed by atoms with van der Waals surface area (Å²) in [6.45, 7) is 0. The summed E-state index contributed by atoms with van der Waals surface area (Å²) in [7, 11) is 1.60. The summed E-state index contributed by atoms with van der Waals surface area (Å²) >= 11 is 1.12. The summed E-state index contributed by atoms with van der Waals surface area (Å²) in [6, 6.07) is 11.9. The molecule has 0 bridgehead atoms. The maximum absolute atomic E-state index is 13.2. The highest BCUT2D eigenvalue weighted by Gasteiger charge is 2.14. The van der Waals surface area contributed by atoms with Crippen molar-refractivity contribution in [3.63, 3.8) is 0 Å². The number of carbonyl (C=O) groups is 2. The van der Waals surface area contributed by atoms with E-state index in [1.807, 2.05) is 0 Å². The number of benzene rings is 2. The molecule has 0 spiro atoms. The molecule has 8 heteroatoms. The number of nitrogens with one attached hydrogen (secondary N) is 1. The average molecular weight is 371 g/mol. The van der Waals surface area contributed by atoms with Gasteiger partial charge in [-0.05, 0) is 36.4 Å². The second-order valence-corrected chi connectivity index (χ2v) is 6.24. The van der Waals surface area contributed by atoms with Crippen LogP contribution in [0.3, 0.4) is 0 Å². The van der Waals surface area contributed by atoms with Gasteiger partial charge in [0.25, 0.3) is 0 Å². The lowest BCUT2D eigenvalue weighted by Gasteiger charge is -2.17. The second-order valence-electron chi connectivity index (χ2n) is 5.24. The molecule has 6 nitrogen and oxygen atoms in total. The minimum absolute atomic E-state index is 0.345. The van der Waals surface area contributed by atoms with Gasteiger partial charge in [-0.1, -0.05) is 17.4 Å². The molecule has 26 heavy (non-hydrogen) atoms. The summed E-state index contributed by atoms with van der Waals surface area (Å²) < 4.78 is 18.7. The molecule has 0 radical (unpaired) electrons. The first-order valence-electron chi connectivity index (χ1n) is 7.54. The predicted molar refractivity (Wildman–Crippen MR) is 97.8 cm³/mol. The van der Waals surface area contributed by atoms with Crippen LogP contribution >= 0.6 is 11.3 Å². The molecule has 0 saturated heterocycles. The van der Waals surface area contributed by atoms with Gasteiger partial charge in [0.05, 0.1) is 6.20 Å². The summed E-state index contributed by atoms with van der Waals surface area (Å²) in [5.74, 6) is -0.0540. The van der Waals surface area contributed by atoms with Crippen molar-refractivity contribution in [2.24, 2.45) is 0 Å². The van der Waals surface area contributed by atoms with Crippen molar-refractivity contribution in [2.75, 3.05) is 17.3 Å². The van der Waals surface area contributed by atoms with Gasteiger partial charge >= 0.3 is 6.03 Å². The number of aromatic nitrogens is 1. The SMILES string of the molecule is CN(C(=O)Nc1ncc(Oc2cccc(F)c2)s1)c1ccc(C=O)cc1. The number of anilines is 2. The Hall–Kier alpha value is -3.26. The quantitative estimate of drug-likeness (QED) is 0.668. The van der Waals surface area contributed by atoms with E-state index in [9.17, 15) is 14.0 Å². The number of nitrogens with zero attached hydrogens (tertiary/aromatic N) is 2. The molecule has 0 atom stereocenters. The number of rotatable bonds is 5. The second kappa shape index (κ2) is 7.75. The molecule has 2 aromatic carbocycles. The lowest BCUT2D eigenvalue weighted by Crippen LogP contribution is -2.31. The fourth-order valence-electron chi connectivity index (χ4n) is 2.08. The van der Waals surface area contributed by atoms with Crippen molar-refractivity contribution in [3.05, 3.63) is 66.1 Å². The summed E-state index contributed by atoms with van der Waals surface area (Å²) in [5.41, 5.74) is 1.16. The van der Waals surface area contributed by atoms with Crippen molar-refractivity contribution < 1.29 is 18.7 Å². The van der Waals surface area contributed by atoms with Crippen LogP contribution in [0.5, 0.6) is 10.8 Å². The van der Waals surface area contributed by atoms with Crippen molar-refractivity contribution in [1.82, 2.24) is 4.98 Å². The number of hydrogen-bond acceptors (Lipinski definition) is 5. The topological polar surface area (TPSA) is 71.5 Å². The number of ether oxygens (including phenoxy) is 1. The highest BCUT2D eigenvalue weighted by Crippen LogP contribution is 2.30. The van der Waals surface area contributed by atoms with Gasteiger partial charge in [0.15, 0.2) is 5.13 Å². The largest absolute Gasteiger partial charge is 0.445 e. The van der Waals surface area contributed by atoms with E-state index >= 15 is 0 Å². The molecule has 0 aliphatic carbocycles. The molecule has 3 aromatic rings. The van der Waals surface area contributed by atoms with Gasteiger partial charge in [-0.15, -0.1) is 0 Å². The highest BCUT2D eigenvalue weighted by molar-refractivity contribution is 7.17. The molecular weight excluding hydrogens is 357 g/mol. The van der Waals surface area contributed by atoms with Crippen molar-refractivity contribution in [2.45, 2.75) is 0 Å². The number of amides is 2. The zero-order chi connectivity index (χ0) is 18.5. The molecule has 0 fully saturated rings. The monoisotopic (exact) mass is 371 g/mol. The van der Waals surface area contributed by atoms with Gasteiger partial charge in [0.2, 0.25) is 5.06 Å². The minimum Gasteiger partial charge on any atom is -0.445 e. The molecule has 0 saturated carbocycles. The van der Waals surface area contributed by atoms with Gasteiger partial charge in [0.1, 0.15) is 17.9 Å². The zero-order valence-electron chi connectivity index (χ0n) is 13.7. The molecule has 0 aliphatic rings. The third kappa shape index (κ3) is 4.22. The molecule has 132 valence electrons. The van der Waals surface area contributed by atoms with Gasteiger partial charge in [-0.25, -0.2) is 14.2 Å². The lowest BCUT2D eigenvalue weighted by molar-refractivity contribution is 0.112. The van der Waals surface area contributed by atoms with Crippen molar-refractivity contribution in [3.8, 4) is 10.8 Å². The Bertz CT molecular complexity index is 927. The van der Waals surface area contributed by atoms with E-state index in [0.717, 1.165) is 17.6 Å². The van der Waals surface area contributed by atoms with E-state index in [-0.39, 0.29) is 0 Å². The van der Waals surface area contributed by atoms with Crippen LogP contribution in [0.4, 0.5) is 20.0 Å². The van der Waals surface area contributed by atoms with E-state index in [1.165, 1.54) is 23.2 Å². The van der Waals surface area contributed by atoms with Gasteiger partial charge < -0.3 is 4.74 Å². The maximum Gasteiger partial charge on any atom is 0.327 e. The molecule has 3 rings (SSSR count). The molecular formula is C18H14FN3O3S. The molecule has 1 aromatic heterocycles. The fraction of sp³-hybridized carbons (Fsp3) is 0.0556. The maximum atomic E-state index is 13.2. The van der Waals surface area contributed by atoms with Crippen LogP contribution in [0.1, 0.15) is 10.4 Å². The highest BCUT2D eigenvalue weighted by atomic mass is 32.1. The van der Waals surface area contributed by atoms with Crippen LogP contribution < -0.4 is 15.0 Å². The Kier molecular flexibility index (Phi) is 5.23. The van der Waals surface area contributed by atoms with E-state index in [1.54, 1.807) is 43.4 Å². The number of urea groups is 1. The number of aldehydes is 1. The first-order valence-corrected chi connectivity index (χ1v) is 8.36. The van der Waals surface area contributed by atoms with Crippen LogP contribution in [0.2, 0.25) is 0 Å². The fourth-order valence-corrected chi connectivity index (χ4v) is 2.76. The molecule has 1 N–H and O–H groups in total. The zero-order valence-corrected chi connectivity index (χ0v) is 14.5. The van der Waals surface area contributed by atoms with E-state index < -0.39 is 11.8 Å². The Labute approximate surface area is 152 Å². The van der Waals surface area contributed by atoms with Crippen LogP contribution in [-0.2, 0) is 0 Å². The van der Waals surface area contributed by atoms with Crippen LogP contribution in [0.25, 0.3) is 0 Å². The van der Waals surface area contributed by atoms with E-state index in [0.29, 0.717) is 27.2 Å². The average Bonchev–Trinajstić information content (AvgIpc) is 3.08. The number of halogens is 1. The standard InChI is InChI=1S/C18H14FN3O3S/c1-22(14-7-5-12(11-23)6-8-14)18(24)21-17-20-10-16(26-17)25-15-4-2-3-13(19)9-15/h2-11H,1H3,(H,20,21,24). The summed E-state index contributed by atoms with van der Waals surface area (Å²) in [5, 5.41) is 3.42. The third-order valence-electron chi connectivity index (χ3n) is 3.43. The molecule has 0 unspecified atom stereocenters. The smallest absolute Gasteiger partial charge is 0.327 e. The van der Waals surface area contributed by atoms with Crippen LogP contribution in [0.15, 0.2) is 54.7 Å². The van der Waals surface area contributed by atoms with Crippen molar-refractivity contribution in [1.29, 1.82) is 0 Å². The minimum atomic E-state index is -0.400. The third-order valence-corrected chi connectivity index (χ3v) is 4.22. The number of carbonyl (C=O) groups excluding carboxylic acids is 2. The Morgan fingerprint density at radius 3 is 2.73 bits per heavy atom. The van der Waals surface area contributed by atoms with Gasteiger partial charge in [-0.2, -0.15) is 0 Å². The molecule has 2 amide bonds. The summed E-state index contributed by atoms with van der Waals surface area (Å²) in [4.78, 5) is 28.4. The number of hydrogen-bond donors (Lipinski definition) is 1. The molecule has 0 aliphatic heterocycles. The van der Waals surface area contributed by atoms with Gasteiger partial charge in [0, 0.05) is 24.4 Å².